The van der Waals surface area contributed by atoms with Gasteiger partial charge in [-0.05, 0) is 48.6 Å². The van der Waals surface area contributed by atoms with E-state index in [0.717, 1.165) is 24.2 Å². The van der Waals surface area contributed by atoms with Gasteiger partial charge in [0.05, 0.1) is 11.4 Å². The van der Waals surface area contributed by atoms with Crippen LogP contribution in [0.25, 0.3) is 0 Å². The zero-order valence-corrected chi connectivity index (χ0v) is 17.8. The van der Waals surface area contributed by atoms with Crippen LogP contribution in [0.5, 0.6) is 11.5 Å². The molecule has 0 saturated carbocycles. The average Bonchev–Trinajstić information content (AvgIpc) is 3.22. The fourth-order valence-electron chi connectivity index (χ4n) is 3.66. The molecule has 0 radical (unpaired) electrons. The molecular weight excluding hydrogens is 404 g/mol. The molecule has 0 spiro atoms. The maximum Gasteiger partial charge on any atom is 0.243 e. The Labute approximate surface area is 177 Å². The first-order chi connectivity index (χ1) is 14.4. The average molecular weight is 431 g/mol. The zero-order chi connectivity index (χ0) is 21.1. The van der Waals surface area contributed by atoms with Crippen LogP contribution in [-0.4, -0.2) is 44.9 Å². The Balaban J connectivity index is 1.32. The van der Waals surface area contributed by atoms with Crippen LogP contribution in [0, 0.1) is 5.92 Å². The van der Waals surface area contributed by atoms with E-state index in [4.69, 9.17) is 9.47 Å². The molecule has 8 heteroatoms. The summed E-state index contributed by atoms with van der Waals surface area (Å²) < 4.78 is 37.8. The van der Waals surface area contributed by atoms with E-state index < -0.39 is 10.0 Å². The van der Waals surface area contributed by atoms with E-state index in [-0.39, 0.29) is 24.0 Å². The first kappa shape index (κ1) is 20.8. The molecule has 2 aromatic carbocycles. The highest BCUT2D eigenvalue weighted by molar-refractivity contribution is 7.89. The number of carbonyl (C=O) groups excluding carboxylic acids is 1. The van der Waals surface area contributed by atoms with Crippen molar-refractivity contribution >= 4 is 15.8 Å². The second kappa shape index (κ2) is 8.75. The van der Waals surface area contributed by atoms with Crippen LogP contribution >= 0.6 is 0 Å². The van der Waals surface area contributed by atoms with Crippen molar-refractivity contribution < 1.29 is 22.7 Å². The van der Waals surface area contributed by atoms with E-state index in [1.54, 1.807) is 12.1 Å². The summed E-state index contributed by atoms with van der Waals surface area (Å²) in [6, 6.07) is 11.9. The summed E-state index contributed by atoms with van der Waals surface area (Å²) in [5.41, 5.74) is 1.48. The first-order valence-electron chi connectivity index (χ1n) is 10.2. The number of carbonyl (C=O) groups is 1. The van der Waals surface area contributed by atoms with E-state index in [1.165, 1.54) is 16.4 Å². The third-order valence-corrected chi connectivity index (χ3v) is 7.52. The van der Waals surface area contributed by atoms with Crippen LogP contribution < -0.4 is 14.8 Å². The van der Waals surface area contributed by atoms with Crippen molar-refractivity contribution in [2.45, 2.75) is 31.2 Å². The third kappa shape index (κ3) is 4.50. The van der Waals surface area contributed by atoms with Crippen molar-refractivity contribution in [3.05, 3.63) is 53.6 Å². The number of nitrogens with one attached hydrogen (secondary N) is 1. The highest BCUT2D eigenvalue weighted by Gasteiger charge is 2.28. The standard InChI is InChI=1S/C22H26N2O5S/c1-16-8-10-24(11-9-16)30(26,27)19-5-3-18(4-6-19)20(25)14-23-13-17-2-7-21-22(12-17)29-15-28-21/h2-7,12,16,23H,8-11,13-15H2,1H3. The minimum atomic E-state index is -3.50. The topological polar surface area (TPSA) is 84.9 Å². The number of nitrogens with zero attached hydrogens (tertiary/aromatic N) is 1. The van der Waals surface area contributed by atoms with Crippen molar-refractivity contribution in [1.29, 1.82) is 0 Å². The van der Waals surface area contributed by atoms with Gasteiger partial charge < -0.3 is 14.8 Å². The van der Waals surface area contributed by atoms with Gasteiger partial charge in [0.15, 0.2) is 17.3 Å². The molecular formula is C22H26N2O5S. The van der Waals surface area contributed by atoms with Gasteiger partial charge in [-0.2, -0.15) is 4.31 Å². The Morgan fingerprint density at radius 3 is 2.50 bits per heavy atom. The Kier molecular flexibility index (Phi) is 6.08. The maximum absolute atomic E-state index is 12.8. The lowest BCUT2D eigenvalue weighted by molar-refractivity contribution is 0.0990. The summed E-state index contributed by atoms with van der Waals surface area (Å²) in [5, 5.41) is 3.12. The predicted octanol–water partition coefficient (Wildman–Crippen LogP) is 2.81. The smallest absolute Gasteiger partial charge is 0.243 e. The van der Waals surface area contributed by atoms with E-state index >= 15 is 0 Å². The number of hydrogen-bond donors (Lipinski definition) is 1. The molecule has 0 aliphatic carbocycles. The van der Waals surface area contributed by atoms with Crippen LogP contribution in [0.15, 0.2) is 47.4 Å². The Bertz CT molecular complexity index is 1010. The molecule has 2 heterocycles. The van der Waals surface area contributed by atoms with E-state index in [0.29, 0.717) is 36.9 Å². The molecule has 0 aromatic heterocycles. The Morgan fingerprint density at radius 2 is 1.77 bits per heavy atom. The molecule has 0 atom stereocenters. The minimum Gasteiger partial charge on any atom is -0.454 e. The molecule has 0 unspecified atom stereocenters. The largest absolute Gasteiger partial charge is 0.454 e. The van der Waals surface area contributed by atoms with Crippen molar-refractivity contribution in [1.82, 2.24) is 9.62 Å². The molecule has 0 amide bonds. The number of fused-ring (bicyclic) bond motifs is 1. The van der Waals surface area contributed by atoms with Gasteiger partial charge in [-0.15, -0.1) is 0 Å². The van der Waals surface area contributed by atoms with Crippen molar-refractivity contribution in [2.24, 2.45) is 5.92 Å². The summed E-state index contributed by atoms with van der Waals surface area (Å²) in [4.78, 5) is 12.7. The van der Waals surface area contributed by atoms with Gasteiger partial charge in [0, 0.05) is 25.2 Å². The molecule has 160 valence electrons. The van der Waals surface area contributed by atoms with Crippen LogP contribution in [0.3, 0.4) is 0 Å². The normalized spacial score (nSPS) is 17.2. The monoisotopic (exact) mass is 430 g/mol. The number of Topliss-reactive ketones (excluding diaryl/α,β-unsaturated/α-hetero) is 1. The summed E-state index contributed by atoms with van der Waals surface area (Å²) in [5.74, 6) is 1.90. The molecule has 1 N–H and O–H groups in total. The predicted molar refractivity (Wildman–Crippen MR) is 112 cm³/mol. The summed E-state index contributed by atoms with van der Waals surface area (Å²) in [6.07, 6.45) is 1.76. The molecule has 2 aliphatic heterocycles. The second-order valence-corrected chi connectivity index (χ2v) is 9.76. The SMILES string of the molecule is CC1CCN(S(=O)(=O)c2ccc(C(=O)CNCc3ccc4c(c3)OCO4)cc2)CC1. The number of ketones is 1. The van der Waals surface area contributed by atoms with E-state index in [9.17, 15) is 13.2 Å². The molecule has 7 nitrogen and oxygen atoms in total. The van der Waals surface area contributed by atoms with Crippen molar-refractivity contribution in [2.75, 3.05) is 26.4 Å². The number of piperidine rings is 1. The van der Waals surface area contributed by atoms with Crippen molar-refractivity contribution in [3.63, 3.8) is 0 Å². The minimum absolute atomic E-state index is 0.0912. The Hall–Kier alpha value is -2.42. The number of rotatable bonds is 7. The van der Waals surface area contributed by atoms with Gasteiger partial charge in [0.25, 0.3) is 0 Å². The van der Waals surface area contributed by atoms with Crippen LogP contribution in [0.2, 0.25) is 0 Å². The maximum atomic E-state index is 12.8. The lowest BCUT2D eigenvalue weighted by Crippen LogP contribution is -2.37. The van der Waals surface area contributed by atoms with Gasteiger partial charge in [-0.25, -0.2) is 8.42 Å². The van der Waals surface area contributed by atoms with Crippen LogP contribution in [0.4, 0.5) is 0 Å². The van der Waals surface area contributed by atoms with Gasteiger partial charge in [-0.1, -0.05) is 25.1 Å². The van der Waals surface area contributed by atoms with Crippen LogP contribution in [-0.2, 0) is 16.6 Å². The van der Waals surface area contributed by atoms with Gasteiger partial charge in [0.1, 0.15) is 0 Å². The summed E-state index contributed by atoms with van der Waals surface area (Å²) >= 11 is 0. The Morgan fingerprint density at radius 1 is 1.07 bits per heavy atom. The lowest BCUT2D eigenvalue weighted by Gasteiger charge is -2.29. The zero-order valence-electron chi connectivity index (χ0n) is 17.0. The number of hydrogen-bond acceptors (Lipinski definition) is 6. The highest BCUT2D eigenvalue weighted by atomic mass is 32.2. The van der Waals surface area contributed by atoms with E-state index in [2.05, 4.69) is 12.2 Å². The van der Waals surface area contributed by atoms with Crippen LogP contribution in [0.1, 0.15) is 35.7 Å². The first-order valence-corrected chi connectivity index (χ1v) is 11.6. The summed E-state index contributed by atoms with van der Waals surface area (Å²) in [7, 11) is -3.50. The molecule has 1 saturated heterocycles. The molecule has 0 bridgehead atoms. The molecule has 1 fully saturated rings. The third-order valence-electron chi connectivity index (χ3n) is 5.61. The number of benzene rings is 2. The van der Waals surface area contributed by atoms with Gasteiger partial charge in [-0.3, -0.25) is 4.79 Å². The second-order valence-electron chi connectivity index (χ2n) is 7.83. The fraction of sp³-hybridized carbons (Fsp3) is 0.409. The lowest BCUT2D eigenvalue weighted by atomic mass is 10.0. The van der Waals surface area contributed by atoms with Gasteiger partial charge >= 0.3 is 0 Å². The summed E-state index contributed by atoms with van der Waals surface area (Å²) in [6.45, 7) is 4.15. The van der Waals surface area contributed by atoms with Crippen molar-refractivity contribution in [3.8, 4) is 11.5 Å². The molecule has 30 heavy (non-hydrogen) atoms. The van der Waals surface area contributed by atoms with E-state index in [1.807, 2.05) is 18.2 Å². The van der Waals surface area contributed by atoms with Gasteiger partial charge in [0.2, 0.25) is 16.8 Å². The number of ether oxygens (including phenoxy) is 2. The number of sulfonamides is 1. The fourth-order valence-corrected chi connectivity index (χ4v) is 5.13. The highest BCUT2D eigenvalue weighted by Crippen LogP contribution is 2.32. The molecule has 2 aromatic rings. The molecule has 4 rings (SSSR count). The quantitative estimate of drug-likeness (QED) is 0.680. The molecule has 2 aliphatic rings.